The maximum Gasteiger partial charge on any atom is 0.291 e. The van der Waals surface area contributed by atoms with Crippen molar-refractivity contribution < 1.29 is 9.53 Å². The summed E-state index contributed by atoms with van der Waals surface area (Å²) < 4.78 is 8.15. The number of aromatic nitrogens is 4. The summed E-state index contributed by atoms with van der Waals surface area (Å²) in [5, 5.41) is 8.10. The van der Waals surface area contributed by atoms with Crippen LogP contribution in [0.5, 0.6) is 5.75 Å². The summed E-state index contributed by atoms with van der Waals surface area (Å²) in [7, 11) is 3.18. The molecule has 0 aliphatic carbocycles. The predicted molar refractivity (Wildman–Crippen MR) is 138 cm³/mol. The van der Waals surface area contributed by atoms with E-state index in [1.807, 2.05) is 49.6 Å². The van der Waals surface area contributed by atoms with Gasteiger partial charge in [-0.15, -0.1) is 11.3 Å². The maximum absolute atomic E-state index is 13.2. The van der Waals surface area contributed by atoms with Crippen LogP contribution in [0.3, 0.4) is 0 Å². The number of amides is 1. The van der Waals surface area contributed by atoms with Gasteiger partial charge in [-0.25, -0.2) is 9.67 Å². The minimum absolute atomic E-state index is 0.187. The number of hydrogen-bond acceptors (Lipinski definition) is 6. The van der Waals surface area contributed by atoms with Gasteiger partial charge in [0, 0.05) is 40.3 Å². The van der Waals surface area contributed by atoms with Gasteiger partial charge >= 0.3 is 0 Å². The van der Waals surface area contributed by atoms with E-state index in [1.165, 1.54) is 4.68 Å². The van der Waals surface area contributed by atoms with Gasteiger partial charge in [-0.2, -0.15) is 5.10 Å². The number of carbonyl (C=O) groups excluding carboxylic acids is 1. The minimum Gasteiger partial charge on any atom is -0.497 e. The van der Waals surface area contributed by atoms with Gasteiger partial charge in [0.25, 0.3) is 11.5 Å². The van der Waals surface area contributed by atoms with Crippen LogP contribution in [-0.4, -0.2) is 32.5 Å². The fourth-order valence-electron chi connectivity index (χ4n) is 4.08. The average Bonchev–Trinajstić information content (AvgIpc) is 3.47. The molecule has 5 rings (SSSR count). The molecule has 0 bridgehead atoms. The lowest BCUT2D eigenvalue weighted by molar-refractivity contribution is 0.100. The van der Waals surface area contributed by atoms with E-state index in [-0.39, 0.29) is 11.3 Å². The van der Waals surface area contributed by atoms with E-state index in [1.54, 1.807) is 54.4 Å². The largest absolute Gasteiger partial charge is 0.497 e. The number of methoxy groups -OCH3 is 1. The van der Waals surface area contributed by atoms with E-state index >= 15 is 0 Å². The Hall–Kier alpha value is -4.24. The van der Waals surface area contributed by atoms with Gasteiger partial charge in [-0.3, -0.25) is 19.7 Å². The third-order valence-electron chi connectivity index (χ3n) is 5.93. The molecule has 0 fully saturated rings. The van der Waals surface area contributed by atoms with Crippen molar-refractivity contribution in [3.8, 4) is 27.6 Å². The van der Waals surface area contributed by atoms with Crippen molar-refractivity contribution in [1.82, 2.24) is 19.4 Å². The summed E-state index contributed by atoms with van der Waals surface area (Å²) in [4.78, 5) is 30.5. The number of rotatable bonds is 5. The zero-order chi connectivity index (χ0) is 24.7. The van der Waals surface area contributed by atoms with Crippen LogP contribution in [0.15, 0.2) is 64.8 Å². The molecule has 2 aromatic carbocycles. The lowest BCUT2D eigenvalue weighted by Crippen LogP contribution is -2.29. The molecule has 0 spiro atoms. The molecule has 0 saturated heterocycles. The first kappa shape index (κ1) is 22.5. The smallest absolute Gasteiger partial charge is 0.291 e. The van der Waals surface area contributed by atoms with E-state index in [9.17, 15) is 9.59 Å². The highest BCUT2D eigenvalue weighted by Gasteiger charge is 2.19. The fraction of sp³-hybridized carbons (Fsp3) is 0.154. The average molecular weight is 486 g/mol. The van der Waals surface area contributed by atoms with Gasteiger partial charge in [0.1, 0.15) is 10.8 Å². The number of nitrogens with one attached hydrogen (secondary N) is 1. The van der Waals surface area contributed by atoms with Crippen LogP contribution < -0.4 is 15.7 Å². The summed E-state index contributed by atoms with van der Waals surface area (Å²) in [6, 6.07) is 16.8. The third-order valence-corrected chi connectivity index (χ3v) is 6.82. The number of thiazole rings is 1. The van der Waals surface area contributed by atoms with Crippen molar-refractivity contribution >= 4 is 28.0 Å². The van der Waals surface area contributed by atoms with E-state index in [2.05, 4.69) is 10.5 Å². The summed E-state index contributed by atoms with van der Waals surface area (Å²) in [5.41, 5.74) is 7.34. The van der Waals surface area contributed by atoms with Gasteiger partial charge in [0.05, 0.1) is 18.2 Å². The standard InChI is InChI=1S/C26H23N5O3S/c1-15-13-21(22-14-35-25(27-22)17-9-11-18(34-4)12-10-17)16(2)31(15)29-24(32)23-19-7-5-6-8-20(19)26(33)30(3)28-23/h5-14H,1-4H3,(H,29,32). The van der Waals surface area contributed by atoms with Crippen molar-refractivity contribution in [3.05, 3.63) is 87.4 Å². The van der Waals surface area contributed by atoms with Crippen LogP contribution in [0.25, 0.3) is 32.6 Å². The molecule has 3 heterocycles. The molecule has 3 aromatic heterocycles. The molecule has 0 aliphatic heterocycles. The zero-order valence-corrected chi connectivity index (χ0v) is 20.5. The van der Waals surface area contributed by atoms with E-state index in [0.717, 1.165) is 39.0 Å². The van der Waals surface area contributed by atoms with Crippen LogP contribution in [-0.2, 0) is 7.05 Å². The van der Waals surface area contributed by atoms with E-state index in [0.29, 0.717) is 10.8 Å². The van der Waals surface area contributed by atoms with Crippen molar-refractivity contribution in [2.75, 3.05) is 12.5 Å². The Morgan fingerprint density at radius 1 is 1.06 bits per heavy atom. The lowest BCUT2D eigenvalue weighted by atomic mass is 10.1. The summed E-state index contributed by atoms with van der Waals surface area (Å²) in [6.45, 7) is 3.85. The topological polar surface area (TPSA) is 91.0 Å². The molecule has 0 saturated carbocycles. The van der Waals surface area contributed by atoms with Crippen LogP contribution in [0, 0.1) is 13.8 Å². The van der Waals surface area contributed by atoms with Gasteiger partial charge in [0.2, 0.25) is 0 Å². The summed E-state index contributed by atoms with van der Waals surface area (Å²) >= 11 is 1.56. The normalized spacial score (nSPS) is 11.1. The van der Waals surface area contributed by atoms with Gasteiger partial charge in [-0.05, 0) is 50.2 Å². The second-order valence-electron chi connectivity index (χ2n) is 8.15. The molecular weight excluding hydrogens is 462 g/mol. The molecule has 0 atom stereocenters. The van der Waals surface area contributed by atoms with Gasteiger partial charge in [0.15, 0.2) is 5.69 Å². The molecular formula is C26H23N5O3S. The van der Waals surface area contributed by atoms with Crippen LogP contribution in [0.1, 0.15) is 21.9 Å². The maximum atomic E-state index is 13.2. The highest BCUT2D eigenvalue weighted by Crippen LogP contribution is 2.32. The Balaban J connectivity index is 1.47. The Kier molecular flexibility index (Phi) is 5.70. The SMILES string of the molecule is COc1ccc(-c2nc(-c3cc(C)n(NC(=O)c4nn(C)c(=O)c5ccccc45)c3C)cs2)cc1. The third kappa shape index (κ3) is 4.00. The van der Waals surface area contributed by atoms with Gasteiger partial charge < -0.3 is 4.74 Å². The summed E-state index contributed by atoms with van der Waals surface area (Å²) in [6.07, 6.45) is 0. The predicted octanol–water partition coefficient (Wildman–Crippen LogP) is 4.53. The highest BCUT2D eigenvalue weighted by atomic mass is 32.1. The summed E-state index contributed by atoms with van der Waals surface area (Å²) in [5.74, 6) is 0.396. The second-order valence-corrected chi connectivity index (χ2v) is 9.01. The number of carbonyl (C=O) groups is 1. The second kappa shape index (κ2) is 8.84. The number of benzene rings is 2. The molecule has 0 radical (unpaired) electrons. The Bertz CT molecular complexity index is 1630. The molecule has 1 N–H and O–H groups in total. The number of hydrogen-bond donors (Lipinski definition) is 1. The van der Waals surface area contributed by atoms with Crippen LogP contribution in [0.2, 0.25) is 0 Å². The first-order chi connectivity index (χ1) is 16.9. The Morgan fingerprint density at radius 3 is 2.49 bits per heavy atom. The van der Waals surface area contributed by atoms with Crippen LogP contribution in [0.4, 0.5) is 0 Å². The highest BCUT2D eigenvalue weighted by molar-refractivity contribution is 7.13. The number of nitrogens with zero attached hydrogens (tertiary/aromatic N) is 4. The molecule has 8 nitrogen and oxygen atoms in total. The molecule has 0 unspecified atom stereocenters. The molecule has 176 valence electrons. The van der Waals surface area contributed by atoms with E-state index < -0.39 is 5.91 Å². The lowest BCUT2D eigenvalue weighted by Gasteiger charge is -2.13. The number of fused-ring (bicyclic) bond motifs is 1. The van der Waals surface area contributed by atoms with E-state index in [4.69, 9.17) is 9.72 Å². The van der Waals surface area contributed by atoms with Crippen molar-refractivity contribution in [3.63, 3.8) is 0 Å². The fourth-order valence-corrected chi connectivity index (χ4v) is 4.91. The molecule has 0 aliphatic rings. The quantitative estimate of drug-likeness (QED) is 0.395. The first-order valence-electron chi connectivity index (χ1n) is 10.9. The van der Waals surface area contributed by atoms with Crippen LogP contribution >= 0.6 is 11.3 Å². The number of ether oxygens (including phenoxy) is 1. The van der Waals surface area contributed by atoms with Gasteiger partial charge in [-0.1, -0.05) is 18.2 Å². The van der Waals surface area contributed by atoms with Crippen molar-refractivity contribution in [2.24, 2.45) is 7.05 Å². The Morgan fingerprint density at radius 2 is 1.77 bits per heavy atom. The molecule has 35 heavy (non-hydrogen) atoms. The first-order valence-corrected chi connectivity index (χ1v) is 11.8. The number of aryl methyl sites for hydroxylation is 2. The zero-order valence-electron chi connectivity index (χ0n) is 19.7. The van der Waals surface area contributed by atoms with Crippen molar-refractivity contribution in [2.45, 2.75) is 13.8 Å². The monoisotopic (exact) mass is 485 g/mol. The molecule has 1 amide bonds. The molecule has 9 heteroatoms. The Labute approximate surface area is 205 Å². The molecule has 5 aromatic rings. The van der Waals surface area contributed by atoms with Crippen molar-refractivity contribution in [1.29, 1.82) is 0 Å². The minimum atomic E-state index is -0.401.